The molecule has 0 saturated carbocycles. The number of benzene rings is 3. The summed E-state index contributed by atoms with van der Waals surface area (Å²) in [5.74, 6) is 2.79. The fraction of sp³-hybridized carbons (Fsp3) is 0.0345. The average Bonchev–Trinajstić information content (AvgIpc) is 3.57. The summed E-state index contributed by atoms with van der Waals surface area (Å²) in [5.41, 5.74) is 8.80. The van der Waals surface area contributed by atoms with Gasteiger partial charge in [-0.1, -0.05) is 28.9 Å². The Morgan fingerprint density at radius 3 is 2.79 bits per heavy atom. The number of hydrogen-bond acceptors (Lipinski definition) is 4. The number of quaternary nitrogens is 1. The quantitative estimate of drug-likeness (QED) is 0.211. The van der Waals surface area contributed by atoms with Crippen molar-refractivity contribution in [3.8, 4) is 28.6 Å². The van der Waals surface area contributed by atoms with E-state index in [1.807, 2.05) is 18.0 Å². The minimum Gasteiger partial charge on any atom is -0.444 e. The van der Waals surface area contributed by atoms with Crippen LogP contribution in [0.4, 0.5) is 11.4 Å². The molecule has 38 heavy (non-hydrogen) atoms. The first-order valence-electron chi connectivity index (χ1n) is 12.5. The topological polar surface area (TPSA) is 52.6 Å². The number of aromatic nitrogens is 6. The van der Waals surface area contributed by atoms with Gasteiger partial charge in [0.05, 0.1) is 33.1 Å². The maximum absolute atomic E-state index is 6.73. The Morgan fingerprint density at radius 1 is 0.921 bits per heavy atom. The summed E-state index contributed by atoms with van der Waals surface area (Å²) in [7, 11) is 2.10. The zero-order valence-corrected chi connectivity index (χ0v) is 20.8. The third-order valence-electron chi connectivity index (χ3n) is 8.63. The molecule has 1 unspecified atom stereocenters. The van der Waals surface area contributed by atoms with Crippen LogP contribution in [-0.4, -0.2) is 19.1 Å². The van der Waals surface area contributed by atoms with E-state index in [-0.39, 0.29) is 0 Å². The highest BCUT2D eigenvalue weighted by Gasteiger charge is 2.69. The summed E-state index contributed by atoms with van der Waals surface area (Å²) in [4.78, 5) is 11.8. The van der Waals surface area contributed by atoms with Gasteiger partial charge in [0.15, 0.2) is 23.8 Å². The lowest BCUT2D eigenvalue weighted by Gasteiger charge is -2.35. The van der Waals surface area contributed by atoms with Crippen molar-refractivity contribution in [3.63, 3.8) is 0 Å². The predicted molar refractivity (Wildman–Crippen MR) is 142 cm³/mol. The summed E-state index contributed by atoms with van der Waals surface area (Å²) in [6.07, 6.45) is 5.76. The normalized spacial score (nSPS) is 18.3. The summed E-state index contributed by atoms with van der Waals surface area (Å²) >= 11 is 1.84. The Bertz CT molecular complexity index is 2330. The van der Waals surface area contributed by atoms with Crippen LogP contribution in [0.5, 0.6) is 11.5 Å². The van der Waals surface area contributed by atoms with Gasteiger partial charge in [-0.3, -0.25) is 0 Å². The summed E-state index contributed by atoms with van der Waals surface area (Å²) in [5, 5.41) is 2.50. The smallest absolute Gasteiger partial charge is 0.361 e. The molecule has 0 saturated heterocycles. The molecule has 3 aromatic carbocycles. The highest BCUT2D eigenvalue weighted by Crippen LogP contribution is 2.62. The van der Waals surface area contributed by atoms with Crippen LogP contribution in [0, 0.1) is 0 Å². The molecule has 1 spiro atoms. The maximum atomic E-state index is 6.73. The van der Waals surface area contributed by atoms with E-state index in [1.165, 1.54) is 31.8 Å². The van der Waals surface area contributed by atoms with E-state index in [9.17, 15) is 0 Å². The van der Waals surface area contributed by atoms with E-state index < -0.39 is 0 Å². The van der Waals surface area contributed by atoms with Crippen molar-refractivity contribution in [1.29, 1.82) is 0 Å². The molecule has 11 rings (SSSR count). The van der Waals surface area contributed by atoms with Crippen LogP contribution in [-0.2, 0) is 7.05 Å². The van der Waals surface area contributed by atoms with Gasteiger partial charge in [-0.2, -0.15) is 4.57 Å². The molecule has 0 amide bonds. The summed E-state index contributed by atoms with van der Waals surface area (Å²) in [6, 6.07) is 21.8. The highest BCUT2D eigenvalue weighted by atomic mass is 32.2. The zero-order chi connectivity index (χ0) is 24.5. The van der Waals surface area contributed by atoms with Crippen molar-refractivity contribution >= 4 is 56.2 Å². The molecule has 4 aliphatic rings. The Labute approximate surface area is 218 Å². The predicted octanol–water partition coefficient (Wildman–Crippen LogP) is 5.07. The van der Waals surface area contributed by atoms with Crippen LogP contribution in [0.25, 0.3) is 50.2 Å². The third kappa shape index (κ3) is 1.61. The van der Waals surface area contributed by atoms with Gasteiger partial charge in [0, 0.05) is 5.39 Å². The molecular weight excluding hydrogens is 494 g/mol. The molecule has 0 fully saturated rings. The van der Waals surface area contributed by atoms with E-state index in [1.54, 1.807) is 6.33 Å². The van der Waals surface area contributed by atoms with E-state index in [0.29, 0.717) is 4.70 Å². The largest absolute Gasteiger partial charge is 0.444 e. The SMILES string of the molecule is Cn1c2[n+](c3ncncc31)[N+]13c4c(cccc4-2)Oc2ccc4c(c21)-n1c2c(cccc2c2ccc[n+]3c21)S4. The highest BCUT2D eigenvalue weighted by molar-refractivity contribution is 7.99. The number of hydrogen-bond donors (Lipinski definition) is 0. The number of aryl methyl sites for hydroxylation is 1. The standard InChI is InChI=1S/C29H16N7OS/c1-32-18-13-30-14-31-27(18)35-28(32)17-6-2-8-19-25(17)36(35)26-20(37-19)10-11-22-24(26)34-23-15(5-3-9-21(23)38-22)16-7-4-12-33(36)29(16)34/h2-14H,1H3/q+3. The molecule has 0 bridgehead atoms. The molecule has 8 heterocycles. The summed E-state index contributed by atoms with van der Waals surface area (Å²) < 4.78 is 16.5. The Balaban J connectivity index is 1.52. The molecule has 0 N–H and O–H groups in total. The van der Waals surface area contributed by atoms with Crippen LogP contribution in [0.2, 0.25) is 0 Å². The van der Waals surface area contributed by atoms with Gasteiger partial charge in [-0.05, 0) is 57.9 Å². The number of para-hydroxylation sites is 2. The van der Waals surface area contributed by atoms with E-state index in [0.717, 1.165) is 51.1 Å². The molecular formula is C29H16N7OS+3. The number of ether oxygens (including phenoxy) is 1. The van der Waals surface area contributed by atoms with Gasteiger partial charge < -0.3 is 4.74 Å². The van der Waals surface area contributed by atoms with Crippen molar-refractivity contribution in [2.75, 3.05) is 0 Å². The van der Waals surface area contributed by atoms with Gasteiger partial charge in [-0.15, -0.1) is 0 Å². The lowest BCUT2D eigenvalue weighted by molar-refractivity contribution is -1.01. The van der Waals surface area contributed by atoms with E-state index in [4.69, 9.17) is 9.72 Å². The second-order valence-electron chi connectivity index (χ2n) is 10.2. The lowest BCUT2D eigenvalue weighted by Crippen LogP contribution is -2.84. The Kier molecular flexibility index (Phi) is 2.71. The van der Waals surface area contributed by atoms with Crippen LogP contribution in [0.1, 0.15) is 0 Å². The number of imidazole rings is 1. The third-order valence-corrected chi connectivity index (χ3v) is 9.73. The number of fused-ring (bicyclic) bond motifs is 5. The number of nitrogens with zero attached hydrogens (tertiary/aromatic N) is 7. The van der Waals surface area contributed by atoms with Gasteiger partial charge in [0.1, 0.15) is 5.56 Å². The maximum Gasteiger partial charge on any atom is 0.361 e. The van der Waals surface area contributed by atoms with Crippen molar-refractivity contribution in [2.45, 2.75) is 9.79 Å². The second kappa shape index (κ2) is 5.57. The Hall–Kier alpha value is -4.73. The molecule has 4 aliphatic heterocycles. The van der Waals surface area contributed by atoms with Crippen LogP contribution < -0.4 is 18.8 Å². The molecule has 0 radical (unpaired) electrons. The fourth-order valence-corrected chi connectivity index (χ4v) is 8.47. The van der Waals surface area contributed by atoms with Crippen LogP contribution in [0.3, 0.4) is 0 Å². The molecule has 176 valence electrons. The van der Waals surface area contributed by atoms with Crippen molar-refractivity contribution < 1.29 is 14.1 Å². The molecule has 4 aromatic heterocycles. The lowest BCUT2D eigenvalue weighted by atomic mass is 10.1. The number of pyridine rings is 1. The van der Waals surface area contributed by atoms with Gasteiger partial charge >= 0.3 is 22.8 Å². The van der Waals surface area contributed by atoms with E-state index >= 15 is 0 Å². The second-order valence-corrected chi connectivity index (χ2v) is 11.3. The molecule has 7 aromatic rings. The van der Waals surface area contributed by atoms with E-state index in [2.05, 4.69) is 97.4 Å². The van der Waals surface area contributed by atoms with Gasteiger partial charge in [-0.25, -0.2) is 9.55 Å². The molecule has 8 nitrogen and oxygen atoms in total. The van der Waals surface area contributed by atoms with Gasteiger partial charge in [0.25, 0.3) is 5.69 Å². The fourth-order valence-electron chi connectivity index (χ4n) is 7.37. The first kappa shape index (κ1) is 18.5. The monoisotopic (exact) mass is 510 g/mol. The van der Waals surface area contributed by atoms with Crippen LogP contribution in [0.15, 0.2) is 89.2 Å². The minimum absolute atomic E-state index is 0.317. The minimum atomic E-state index is 0.317. The van der Waals surface area contributed by atoms with Crippen molar-refractivity contribution in [2.24, 2.45) is 7.05 Å². The van der Waals surface area contributed by atoms with Crippen molar-refractivity contribution in [1.82, 2.24) is 23.8 Å². The first-order valence-corrected chi connectivity index (χ1v) is 13.4. The average molecular weight is 511 g/mol. The van der Waals surface area contributed by atoms with Crippen molar-refractivity contribution in [3.05, 3.63) is 79.4 Å². The van der Waals surface area contributed by atoms with Crippen LogP contribution >= 0.6 is 11.8 Å². The number of rotatable bonds is 0. The Morgan fingerprint density at radius 2 is 1.82 bits per heavy atom. The molecule has 9 heteroatoms. The summed E-state index contributed by atoms with van der Waals surface area (Å²) in [6.45, 7) is 0. The zero-order valence-electron chi connectivity index (χ0n) is 20.0. The molecule has 1 atom stereocenters. The van der Waals surface area contributed by atoms with Gasteiger partial charge in [0.2, 0.25) is 17.0 Å². The first-order chi connectivity index (χ1) is 18.8. The molecule has 0 aliphatic carbocycles.